The van der Waals surface area contributed by atoms with Gasteiger partial charge in [0.2, 0.25) is 0 Å². The summed E-state index contributed by atoms with van der Waals surface area (Å²) in [4.78, 5) is 25.9. The van der Waals surface area contributed by atoms with Crippen LogP contribution in [0.1, 0.15) is 15.9 Å². The standard InChI is InChI=1S/C26H18F4N2O3/c27-19-8-6-18(7-9-19)23-16-32(20-10-12-21(13-11-20)35-26(28,29)30)24(33)14-22(23)25(34)31-15-17-4-2-1-3-5-17/h1-14,16H,15H2,(H,31,34). The molecule has 3 aromatic carbocycles. The van der Waals surface area contributed by atoms with Gasteiger partial charge in [-0.15, -0.1) is 13.2 Å². The van der Waals surface area contributed by atoms with E-state index < -0.39 is 29.4 Å². The number of benzene rings is 3. The minimum atomic E-state index is -4.84. The van der Waals surface area contributed by atoms with Gasteiger partial charge in [-0.1, -0.05) is 42.5 Å². The predicted octanol–water partition coefficient (Wildman–Crippen LogP) is 5.47. The second kappa shape index (κ2) is 9.84. The van der Waals surface area contributed by atoms with Crippen LogP contribution in [0.4, 0.5) is 17.6 Å². The van der Waals surface area contributed by atoms with E-state index >= 15 is 0 Å². The van der Waals surface area contributed by atoms with Gasteiger partial charge in [0.1, 0.15) is 11.6 Å². The Bertz CT molecular complexity index is 1380. The fraction of sp³-hybridized carbons (Fsp3) is 0.0769. The molecule has 0 saturated heterocycles. The minimum Gasteiger partial charge on any atom is -0.406 e. The number of carbonyl (C=O) groups excluding carboxylic acids is 1. The number of nitrogens with zero attached hydrogens (tertiary/aromatic N) is 1. The average molecular weight is 482 g/mol. The smallest absolute Gasteiger partial charge is 0.406 e. The number of hydrogen-bond acceptors (Lipinski definition) is 3. The van der Waals surface area contributed by atoms with Gasteiger partial charge >= 0.3 is 6.36 Å². The second-order valence-electron chi connectivity index (χ2n) is 7.53. The highest BCUT2D eigenvalue weighted by molar-refractivity contribution is 6.00. The molecule has 0 saturated carbocycles. The first-order valence-corrected chi connectivity index (χ1v) is 10.4. The third-order valence-electron chi connectivity index (χ3n) is 5.10. The first-order valence-electron chi connectivity index (χ1n) is 10.4. The molecule has 1 N–H and O–H groups in total. The highest BCUT2D eigenvalue weighted by Gasteiger charge is 2.31. The summed E-state index contributed by atoms with van der Waals surface area (Å²) < 4.78 is 55.9. The van der Waals surface area contributed by atoms with E-state index in [1.807, 2.05) is 30.3 Å². The summed E-state index contributed by atoms with van der Waals surface area (Å²) in [6.07, 6.45) is -3.45. The van der Waals surface area contributed by atoms with Gasteiger partial charge in [0.05, 0.1) is 5.56 Å². The molecule has 5 nitrogen and oxygen atoms in total. The lowest BCUT2D eigenvalue weighted by molar-refractivity contribution is -0.274. The molecule has 0 atom stereocenters. The quantitative estimate of drug-likeness (QED) is 0.371. The summed E-state index contributed by atoms with van der Waals surface area (Å²) in [6.45, 7) is 0.228. The maximum atomic E-state index is 13.5. The molecule has 4 aromatic rings. The van der Waals surface area contributed by atoms with Crippen molar-refractivity contribution in [2.75, 3.05) is 0 Å². The third-order valence-corrected chi connectivity index (χ3v) is 5.10. The van der Waals surface area contributed by atoms with E-state index in [0.29, 0.717) is 11.1 Å². The summed E-state index contributed by atoms with van der Waals surface area (Å²) >= 11 is 0. The number of amides is 1. The van der Waals surface area contributed by atoms with Gasteiger partial charge in [-0.05, 0) is 47.5 Å². The summed E-state index contributed by atoms with van der Waals surface area (Å²) in [6, 6.07) is 20.4. The summed E-state index contributed by atoms with van der Waals surface area (Å²) in [5.41, 5.74) is 1.42. The lowest BCUT2D eigenvalue weighted by Crippen LogP contribution is -2.27. The fourth-order valence-corrected chi connectivity index (χ4v) is 3.46. The number of ether oxygens (including phenoxy) is 1. The molecule has 1 amide bonds. The monoisotopic (exact) mass is 482 g/mol. The molecule has 0 aliphatic carbocycles. The molecule has 9 heteroatoms. The average Bonchev–Trinajstić information content (AvgIpc) is 2.83. The highest BCUT2D eigenvalue weighted by Crippen LogP contribution is 2.26. The molecule has 178 valence electrons. The number of carbonyl (C=O) groups is 1. The highest BCUT2D eigenvalue weighted by atomic mass is 19.4. The molecule has 0 aliphatic heterocycles. The Morgan fingerprint density at radius 3 is 2.20 bits per heavy atom. The van der Waals surface area contributed by atoms with E-state index in [4.69, 9.17) is 0 Å². The molecule has 0 radical (unpaired) electrons. The number of halogens is 4. The van der Waals surface area contributed by atoms with Crippen molar-refractivity contribution in [3.8, 4) is 22.6 Å². The van der Waals surface area contributed by atoms with Crippen molar-refractivity contribution < 1.29 is 27.1 Å². The molecular weight excluding hydrogens is 464 g/mol. The van der Waals surface area contributed by atoms with Crippen LogP contribution >= 0.6 is 0 Å². The molecule has 1 aromatic heterocycles. The lowest BCUT2D eigenvalue weighted by atomic mass is 10.0. The van der Waals surface area contributed by atoms with Crippen molar-refractivity contribution in [3.63, 3.8) is 0 Å². The Morgan fingerprint density at radius 2 is 1.57 bits per heavy atom. The lowest BCUT2D eigenvalue weighted by Gasteiger charge is -2.15. The first kappa shape index (κ1) is 23.7. The number of pyridine rings is 1. The van der Waals surface area contributed by atoms with Gasteiger partial charge in [-0.25, -0.2) is 4.39 Å². The van der Waals surface area contributed by atoms with Gasteiger partial charge in [-0.2, -0.15) is 0 Å². The van der Waals surface area contributed by atoms with Crippen LogP contribution in [-0.4, -0.2) is 16.8 Å². The van der Waals surface area contributed by atoms with Crippen LogP contribution < -0.4 is 15.6 Å². The second-order valence-corrected chi connectivity index (χ2v) is 7.53. The minimum absolute atomic E-state index is 0.0748. The maximum Gasteiger partial charge on any atom is 0.573 e. The Hall–Kier alpha value is -4.40. The molecular formula is C26H18F4N2O3. The van der Waals surface area contributed by atoms with Crippen LogP contribution in [0.2, 0.25) is 0 Å². The molecule has 0 fully saturated rings. The van der Waals surface area contributed by atoms with Crippen LogP contribution in [0.5, 0.6) is 5.75 Å². The van der Waals surface area contributed by atoms with Gasteiger partial charge in [-0.3, -0.25) is 14.2 Å². The van der Waals surface area contributed by atoms with Crippen molar-refractivity contribution >= 4 is 5.91 Å². The van der Waals surface area contributed by atoms with Crippen molar-refractivity contribution in [1.29, 1.82) is 0 Å². The van der Waals surface area contributed by atoms with E-state index in [1.54, 1.807) is 0 Å². The van der Waals surface area contributed by atoms with Crippen LogP contribution in [-0.2, 0) is 6.54 Å². The molecule has 0 bridgehead atoms. The Morgan fingerprint density at radius 1 is 0.914 bits per heavy atom. The van der Waals surface area contributed by atoms with Crippen LogP contribution in [0.15, 0.2) is 95.9 Å². The zero-order valence-corrected chi connectivity index (χ0v) is 18.1. The molecule has 0 aliphatic rings. The summed E-state index contributed by atoms with van der Waals surface area (Å²) in [5, 5.41) is 2.77. The molecule has 4 rings (SSSR count). The molecule has 0 unspecified atom stereocenters. The zero-order valence-electron chi connectivity index (χ0n) is 18.1. The van der Waals surface area contributed by atoms with Gasteiger partial charge in [0, 0.05) is 30.1 Å². The van der Waals surface area contributed by atoms with Gasteiger partial charge in [0.25, 0.3) is 11.5 Å². The molecule has 1 heterocycles. The van der Waals surface area contributed by atoms with Crippen molar-refractivity contribution in [3.05, 3.63) is 118 Å². The van der Waals surface area contributed by atoms with E-state index in [2.05, 4.69) is 10.1 Å². The van der Waals surface area contributed by atoms with Crippen LogP contribution in [0, 0.1) is 5.82 Å². The topological polar surface area (TPSA) is 60.3 Å². The normalized spacial score (nSPS) is 11.2. The number of hydrogen-bond donors (Lipinski definition) is 1. The maximum absolute atomic E-state index is 13.5. The van der Waals surface area contributed by atoms with E-state index in [-0.39, 0.29) is 17.8 Å². The number of alkyl halides is 3. The van der Waals surface area contributed by atoms with Gasteiger partial charge in [0.15, 0.2) is 0 Å². The van der Waals surface area contributed by atoms with Crippen LogP contribution in [0.25, 0.3) is 16.8 Å². The van der Waals surface area contributed by atoms with Crippen molar-refractivity contribution in [2.45, 2.75) is 12.9 Å². The summed E-state index contributed by atoms with van der Waals surface area (Å²) in [7, 11) is 0. The predicted molar refractivity (Wildman–Crippen MR) is 122 cm³/mol. The number of nitrogens with one attached hydrogen (secondary N) is 1. The first-order chi connectivity index (χ1) is 16.7. The number of aromatic nitrogens is 1. The molecule has 35 heavy (non-hydrogen) atoms. The fourth-order valence-electron chi connectivity index (χ4n) is 3.46. The van der Waals surface area contributed by atoms with E-state index in [0.717, 1.165) is 23.8 Å². The largest absolute Gasteiger partial charge is 0.573 e. The molecule has 0 spiro atoms. The van der Waals surface area contributed by atoms with E-state index in [1.165, 1.54) is 47.2 Å². The third kappa shape index (κ3) is 5.94. The Kier molecular flexibility index (Phi) is 6.68. The number of rotatable bonds is 6. The van der Waals surface area contributed by atoms with Crippen molar-refractivity contribution in [2.24, 2.45) is 0 Å². The van der Waals surface area contributed by atoms with Crippen LogP contribution in [0.3, 0.4) is 0 Å². The Labute approximate surface area is 197 Å². The van der Waals surface area contributed by atoms with Crippen molar-refractivity contribution in [1.82, 2.24) is 9.88 Å². The zero-order chi connectivity index (χ0) is 25.0. The van der Waals surface area contributed by atoms with Gasteiger partial charge < -0.3 is 10.1 Å². The van der Waals surface area contributed by atoms with E-state index in [9.17, 15) is 27.2 Å². The Balaban J connectivity index is 1.72. The summed E-state index contributed by atoms with van der Waals surface area (Å²) in [5.74, 6) is -1.42. The SMILES string of the molecule is O=C(NCc1ccccc1)c1cc(=O)n(-c2ccc(OC(F)(F)F)cc2)cc1-c1ccc(F)cc1.